The molecular formula is C16H24N2O3. The summed E-state index contributed by atoms with van der Waals surface area (Å²) in [6.07, 6.45) is 1.94. The van der Waals surface area contributed by atoms with E-state index in [1.807, 2.05) is 12.1 Å². The zero-order valence-corrected chi connectivity index (χ0v) is 12.8. The van der Waals surface area contributed by atoms with E-state index in [0.717, 1.165) is 48.7 Å². The molecule has 2 N–H and O–H groups in total. The van der Waals surface area contributed by atoms with E-state index in [1.54, 1.807) is 7.11 Å². The molecule has 0 aromatic heterocycles. The van der Waals surface area contributed by atoms with E-state index in [0.29, 0.717) is 19.1 Å². The van der Waals surface area contributed by atoms with Gasteiger partial charge >= 0.3 is 0 Å². The van der Waals surface area contributed by atoms with Crippen LogP contribution in [0.25, 0.3) is 0 Å². The van der Waals surface area contributed by atoms with E-state index >= 15 is 0 Å². The second-order valence-electron chi connectivity index (χ2n) is 5.85. The van der Waals surface area contributed by atoms with Gasteiger partial charge in [0.05, 0.1) is 25.9 Å². The molecule has 116 valence electrons. The van der Waals surface area contributed by atoms with E-state index < -0.39 is 0 Å². The van der Waals surface area contributed by atoms with E-state index in [1.165, 1.54) is 0 Å². The van der Waals surface area contributed by atoms with Crippen molar-refractivity contribution < 1.29 is 14.2 Å². The van der Waals surface area contributed by atoms with Crippen LogP contribution in [-0.4, -0.2) is 45.4 Å². The summed E-state index contributed by atoms with van der Waals surface area (Å²) < 4.78 is 17.4. The van der Waals surface area contributed by atoms with Gasteiger partial charge < -0.3 is 19.9 Å². The van der Waals surface area contributed by atoms with Gasteiger partial charge in [-0.1, -0.05) is 0 Å². The number of ether oxygens (including phenoxy) is 3. The smallest absolute Gasteiger partial charge is 0.169 e. The minimum absolute atomic E-state index is 0.269. The van der Waals surface area contributed by atoms with Crippen molar-refractivity contribution in [1.82, 2.24) is 4.90 Å². The van der Waals surface area contributed by atoms with Gasteiger partial charge in [-0.15, -0.1) is 0 Å². The summed E-state index contributed by atoms with van der Waals surface area (Å²) in [5, 5.41) is 0. The first-order valence-corrected chi connectivity index (χ1v) is 7.61. The molecule has 1 fully saturated rings. The van der Waals surface area contributed by atoms with Gasteiger partial charge in [-0.2, -0.15) is 0 Å². The fourth-order valence-electron chi connectivity index (χ4n) is 3.35. The molecule has 1 saturated heterocycles. The van der Waals surface area contributed by atoms with Crippen LogP contribution in [0.4, 0.5) is 0 Å². The van der Waals surface area contributed by atoms with Crippen LogP contribution in [0.5, 0.6) is 17.2 Å². The molecule has 2 atom stereocenters. The highest BCUT2D eigenvalue weighted by Gasteiger charge is 2.35. The van der Waals surface area contributed by atoms with E-state index in [4.69, 9.17) is 19.9 Å². The zero-order chi connectivity index (χ0) is 14.8. The fraction of sp³-hybridized carbons (Fsp3) is 0.625. The van der Waals surface area contributed by atoms with Crippen LogP contribution in [-0.2, 0) is 0 Å². The molecule has 5 nitrogen and oxygen atoms in total. The first-order valence-electron chi connectivity index (χ1n) is 7.61. The number of benzene rings is 1. The standard InChI is InChI=1S/C16H24N2O3/c1-18-10-11(9-17)8-12(18)15-13(19-2)4-5-14-16(15)21-7-3-6-20-14/h4-5,11-12H,3,6-10,17H2,1-2H3. The summed E-state index contributed by atoms with van der Waals surface area (Å²) in [7, 11) is 3.84. The highest BCUT2D eigenvalue weighted by molar-refractivity contribution is 5.56. The molecule has 5 heteroatoms. The number of rotatable bonds is 3. The van der Waals surface area contributed by atoms with Crippen LogP contribution >= 0.6 is 0 Å². The second-order valence-corrected chi connectivity index (χ2v) is 5.85. The van der Waals surface area contributed by atoms with Crippen molar-refractivity contribution in [1.29, 1.82) is 0 Å². The topological polar surface area (TPSA) is 57.0 Å². The number of nitrogens with two attached hydrogens (primary N) is 1. The Bertz CT molecular complexity index is 507. The number of hydrogen-bond donors (Lipinski definition) is 1. The zero-order valence-electron chi connectivity index (χ0n) is 12.8. The molecule has 0 radical (unpaired) electrons. The van der Waals surface area contributed by atoms with Gasteiger partial charge in [-0.3, -0.25) is 4.90 Å². The third-order valence-corrected chi connectivity index (χ3v) is 4.43. The first-order chi connectivity index (χ1) is 10.2. The van der Waals surface area contributed by atoms with Gasteiger partial charge in [0.2, 0.25) is 0 Å². The maximum absolute atomic E-state index is 5.99. The normalized spacial score (nSPS) is 25.7. The molecule has 21 heavy (non-hydrogen) atoms. The number of likely N-dealkylation sites (tertiary alicyclic amines) is 1. The van der Waals surface area contributed by atoms with Crippen molar-refractivity contribution in [2.75, 3.05) is 40.5 Å². The molecule has 2 aliphatic rings. The maximum Gasteiger partial charge on any atom is 0.169 e. The number of nitrogens with zero attached hydrogens (tertiary/aromatic N) is 1. The lowest BCUT2D eigenvalue weighted by Crippen LogP contribution is -2.21. The SMILES string of the molecule is COc1ccc2c(c1C1CC(CN)CN1C)OCCCO2. The molecule has 0 amide bonds. The van der Waals surface area contributed by atoms with Crippen molar-refractivity contribution in [3.63, 3.8) is 0 Å². The monoisotopic (exact) mass is 292 g/mol. The van der Waals surface area contributed by atoms with E-state index in [2.05, 4.69) is 11.9 Å². The van der Waals surface area contributed by atoms with Gasteiger partial charge in [0.15, 0.2) is 11.5 Å². The summed E-state index contributed by atoms with van der Waals surface area (Å²) in [6, 6.07) is 4.19. The van der Waals surface area contributed by atoms with Crippen molar-refractivity contribution in [3.8, 4) is 17.2 Å². The van der Waals surface area contributed by atoms with Crippen molar-refractivity contribution >= 4 is 0 Å². The van der Waals surface area contributed by atoms with Gasteiger partial charge in [0.25, 0.3) is 0 Å². The largest absolute Gasteiger partial charge is 0.496 e. The van der Waals surface area contributed by atoms with Gasteiger partial charge in [-0.25, -0.2) is 0 Å². The summed E-state index contributed by atoms with van der Waals surface area (Å²) in [6.45, 7) is 3.11. The highest BCUT2D eigenvalue weighted by Crippen LogP contribution is 2.47. The second kappa shape index (κ2) is 6.12. The molecular weight excluding hydrogens is 268 g/mol. The van der Waals surface area contributed by atoms with Crippen LogP contribution in [0.3, 0.4) is 0 Å². The molecule has 2 aliphatic heterocycles. The Morgan fingerprint density at radius 2 is 2.14 bits per heavy atom. The fourth-order valence-corrected chi connectivity index (χ4v) is 3.35. The third kappa shape index (κ3) is 2.68. The van der Waals surface area contributed by atoms with Crippen molar-refractivity contribution in [2.45, 2.75) is 18.9 Å². The Morgan fingerprint density at radius 1 is 1.33 bits per heavy atom. The first kappa shape index (κ1) is 14.5. The van der Waals surface area contributed by atoms with Crippen LogP contribution in [0.15, 0.2) is 12.1 Å². The maximum atomic E-state index is 5.99. The van der Waals surface area contributed by atoms with Gasteiger partial charge in [0.1, 0.15) is 5.75 Å². The third-order valence-electron chi connectivity index (χ3n) is 4.43. The minimum Gasteiger partial charge on any atom is -0.496 e. The van der Waals surface area contributed by atoms with Crippen LogP contribution in [0.1, 0.15) is 24.4 Å². The lowest BCUT2D eigenvalue weighted by atomic mass is 9.97. The average molecular weight is 292 g/mol. The minimum atomic E-state index is 0.269. The molecule has 0 spiro atoms. The quantitative estimate of drug-likeness (QED) is 0.921. The molecule has 0 saturated carbocycles. The van der Waals surface area contributed by atoms with Gasteiger partial charge in [-0.05, 0) is 38.1 Å². The Balaban J connectivity index is 2.03. The van der Waals surface area contributed by atoms with Gasteiger partial charge in [0, 0.05) is 19.0 Å². The van der Waals surface area contributed by atoms with Crippen molar-refractivity contribution in [2.24, 2.45) is 11.7 Å². The number of fused-ring (bicyclic) bond motifs is 1. The summed E-state index contributed by atoms with van der Waals surface area (Å²) in [5.74, 6) is 3.07. The Hall–Kier alpha value is -1.46. The van der Waals surface area contributed by atoms with Crippen LogP contribution in [0, 0.1) is 5.92 Å². The molecule has 2 heterocycles. The number of methoxy groups -OCH3 is 1. The molecule has 2 unspecified atom stereocenters. The highest BCUT2D eigenvalue weighted by atomic mass is 16.5. The lowest BCUT2D eigenvalue weighted by molar-refractivity contribution is 0.275. The molecule has 0 aliphatic carbocycles. The Kier molecular flexibility index (Phi) is 4.22. The molecule has 0 bridgehead atoms. The molecule has 1 aromatic carbocycles. The lowest BCUT2D eigenvalue weighted by Gasteiger charge is -2.25. The Morgan fingerprint density at radius 3 is 2.86 bits per heavy atom. The molecule has 1 aromatic rings. The predicted molar refractivity (Wildman–Crippen MR) is 81.1 cm³/mol. The predicted octanol–water partition coefficient (Wildman–Crippen LogP) is 1.81. The van der Waals surface area contributed by atoms with E-state index in [9.17, 15) is 0 Å². The Labute approximate surface area is 126 Å². The summed E-state index contributed by atoms with van der Waals surface area (Å²) >= 11 is 0. The summed E-state index contributed by atoms with van der Waals surface area (Å²) in [5.41, 5.74) is 6.96. The average Bonchev–Trinajstić information content (AvgIpc) is 2.72. The number of hydrogen-bond acceptors (Lipinski definition) is 5. The van der Waals surface area contributed by atoms with E-state index in [-0.39, 0.29) is 6.04 Å². The van der Waals surface area contributed by atoms with Crippen LogP contribution in [0.2, 0.25) is 0 Å². The summed E-state index contributed by atoms with van der Waals surface area (Å²) in [4.78, 5) is 2.34. The van der Waals surface area contributed by atoms with Crippen LogP contribution < -0.4 is 19.9 Å². The van der Waals surface area contributed by atoms with Crippen molar-refractivity contribution in [3.05, 3.63) is 17.7 Å². The molecule has 3 rings (SSSR count).